The van der Waals surface area contributed by atoms with Crippen molar-refractivity contribution in [2.24, 2.45) is 0 Å². The summed E-state index contributed by atoms with van der Waals surface area (Å²) in [5.41, 5.74) is 0. The molecule has 0 heterocycles. The molecular weight excluding hydrogens is 184 g/mol. The van der Waals surface area contributed by atoms with Gasteiger partial charge in [-0.25, -0.2) is 0 Å². The van der Waals surface area contributed by atoms with Gasteiger partial charge >= 0.3 is 0 Å². The van der Waals surface area contributed by atoms with Gasteiger partial charge < -0.3 is 4.79 Å². The maximum atomic E-state index is 10.0. The number of carbonyl (C=O) groups is 1. The second kappa shape index (κ2) is 13.2. The van der Waals surface area contributed by atoms with Crippen LogP contribution in [-0.2, 0) is 4.79 Å². The van der Waals surface area contributed by atoms with Crippen LogP contribution >= 0.6 is 0 Å². The Morgan fingerprint density at radius 3 is 2.00 bits per heavy atom. The van der Waals surface area contributed by atoms with E-state index in [1.165, 1.54) is 32.1 Å². The van der Waals surface area contributed by atoms with E-state index >= 15 is 0 Å². The molecule has 0 spiro atoms. The van der Waals surface area contributed by atoms with Gasteiger partial charge in [0.1, 0.15) is 6.29 Å². The molecular formula is C14H24O. The van der Waals surface area contributed by atoms with Gasteiger partial charge in [0.05, 0.1) is 0 Å². The summed E-state index contributed by atoms with van der Waals surface area (Å²) in [4.78, 5) is 10.0. The highest BCUT2D eigenvalue weighted by Gasteiger charge is 1.87. The van der Waals surface area contributed by atoms with Crippen molar-refractivity contribution < 1.29 is 4.79 Å². The van der Waals surface area contributed by atoms with E-state index in [1.807, 2.05) is 0 Å². The topological polar surface area (TPSA) is 17.1 Å². The molecule has 0 unspecified atom stereocenters. The first-order valence-corrected chi connectivity index (χ1v) is 6.17. The highest BCUT2D eigenvalue weighted by Crippen LogP contribution is 2.04. The minimum absolute atomic E-state index is 0.732. The van der Waals surface area contributed by atoms with Crippen molar-refractivity contribution in [3.63, 3.8) is 0 Å². The van der Waals surface area contributed by atoms with Crippen LogP contribution in [0.5, 0.6) is 0 Å². The zero-order valence-corrected chi connectivity index (χ0v) is 9.95. The Morgan fingerprint density at radius 1 is 0.800 bits per heavy atom. The Kier molecular flexibility index (Phi) is 12.4. The Morgan fingerprint density at radius 2 is 1.40 bits per heavy atom. The third kappa shape index (κ3) is 13.2. The number of hydrogen-bond acceptors (Lipinski definition) is 1. The third-order valence-corrected chi connectivity index (χ3v) is 2.28. The zero-order valence-electron chi connectivity index (χ0n) is 9.95. The quantitative estimate of drug-likeness (QED) is 0.295. The van der Waals surface area contributed by atoms with Crippen LogP contribution in [0.2, 0.25) is 0 Å². The van der Waals surface area contributed by atoms with Crippen LogP contribution in [0.15, 0.2) is 24.3 Å². The van der Waals surface area contributed by atoms with E-state index in [9.17, 15) is 4.79 Å². The van der Waals surface area contributed by atoms with E-state index in [2.05, 4.69) is 31.2 Å². The molecule has 0 rings (SSSR count). The Balaban J connectivity index is 3.12. The zero-order chi connectivity index (χ0) is 11.2. The minimum Gasteiger partial charge on any atom is -0.303 e. The molecule has 1 heteroatoms. The molecule has 0 aliphatic heterocycles. The molecule has 0 bridgehead atoms. The summed E-state index contributed by atoms with van der Waals surface area (Å²) in [7, 11) is 0. The van der Waals surface area contributed by atoms with Crippen LogP contribution in [-0.4, -0.2) is 6.29 Å². The molecule has 0 aromatic rings. The second-order valence-electron chi connectivity index (χ2n) is 3.80. The van der Waals surface area contributed by atoms with Crippen LogP contribution in [0, 0.1) is 0 Å². The van der Waals surface area contributed by atoms with Crippen molar-refractivity contribution >= 4 is 6.29 Å². The van der Waals surface area contributed by atoms with E-state index in [4.69, 9.17) is 0 Å². The van der Waals surface area contributed by atoms with Gasteiger partial charge in [0.25, 0.3) is 0 Å². The smallest absolute Gasteiger partial charge is 0.119 e. The number of hydrogen-bond donors (Lipinski definition) is 0. The molecule has 0 aromatic heterocycles. The maximum Gasteiger partial charge on any atom is 0.119 e. The second-order valence-corrected chi connectivity index (χ2v) is 3.80. The van der Waals surface area contributed by atoms with Crippen molar-refractivity contribution in [1.29, 1.82) is 0 Å². The summed E-state index contributed by atoms with van der Waals surface area (Å²) in [6.45, 7) is 2.19. The molecule has 0 saturated carbocycles. The molecule has 0 aliphatic rings. The van der Waals surface area contributed by atoms with E-state index in [-0.39, 0.29) is 0 Å². The number of aldehydes is 1. The van der Waals surface area contributed by atoms with Gasteiger partial charge in [-0.3, -0.25) is 0 Å². The third-order valence-electron chi connectivity index (χ3n) is 2.28. The molecule has 0 amide bonds. The van der Waals surface area contributed by atoms with Crippen molar-refractivity contribution in [1.82, 2.24) is 0 Å². The van der Waals surface area contributed by atoms with Crippen molar-refractivity contribution in [2.75, 3.05) is 0 Å². The Labute approximate surface area is 94.3 Å². The number of rotatable bonds is 10. The fraction of sp³-hybridized carbons (Fsp3) is 0.643. The first kappa shape index (κ1) is 14.2. The molecule has 0 radical (unpaired) electrons. The summed E-state index contributed by atoms with van der Waals surface area (Å²) in [6.07, 6.45) is 18.8. The minimum atomic E-state index is 0.732. The fourth-order valence-corrected chi connectivity index (χ4v) is 1.36. The van der Waals surface area contributed by atoms with Crippen LogP contribution in [0.3, 0.4) is 0 Å². The average Bonchev–Trinajstić information content (AvgIpc) is 2.26. The maximum absolute atomic E-state index is 10.0. The van der Waals surface area contributed by atoms with Crippen molar-refractivity contribution in [3.8, 4) is 0 Å². The SMILES string of the molecule is CCC/C=C\C=C/CCCCCCC=O. The van der Waals surface area contributed by atoms with Crippen LogP contribution in [0.4, 0.5) is 0 Å². The predicted octanol–water partition coefficient (Wildman–Crippen LogP) is 4.44. The van der Waals surface area contributed by atoms with Gasteiger partial charge in [0.2, 0.25) is 0 Å². The van der Waals surface area contributed by atoms with Gasteiger partial charge in [-0.05, 0) is 25.7 Å². The standard InChI is InChI=1S/C14H24O/c1-2-3-4-5-6-7-8-9-10-11-12-13-14-15/h4-7,14H,2-3,8-13H2,1H3/b5-4-,7-6-. The lowest BCUT2D eigenvalue weighted by Gasteiger charge is -1.95. The largest absolute Gasteiger partial charge is 0.303 e. The van der Waals surface area contributed by atoms with E-state index in [0.29, 0.717) is 0 Å². The predicted molar refractivity (Wildman–Crippen MR) is 67.0 cm³/mol. The molecule has 0 aromatic carbocycles. The first-order chi connectivity index (χ1) is 7.41. The van der Waals surface area contributed by atoms with Crippen molar-refractivity contribution in [2.45, 2.75) is 58.3 Å². The van der Waals surface area contributed by atoms with Gasteiger partial charge in [0, 0.05) is 6.42 Å². The van der Waals surface area contributed by atoms with Crippen LogP contribution in [0.25, 0.3) is 0 Å². The molecule has 15 heavy (non-hydrogen) atoms. The summed E-state index contributed by atoms with van der Waals surface area (Å²) >= 11 is 0. The molecule has 1 nitrogen and oxygen atoms in total. The lowest BCUT2D eigenvalue weighted by Crippen LogP contribution is -1.78. The molecule has 86 valence electrons. The average molecular weight is 208 g/mol. The van der Waals surface area contributed by atoms with E-state index in [1.54, 1.807) is 0 Å². The molecule has 0 saturated heterocycles. The number of allylic oxidation sites excluding steroid dienone is 4. The number of carbonyl (C=O) groups excluding carboxylic acids is 1. The summed E-state index contributed by atoms with van der Waals surface area (Å²) < 4.78 is 0. The normalized spacial score (nSPS) is 11.5. The Bertz CT molecular complexity index is 180. The summed E-state index contributed by atoms with van der Waals surface area (Å²) in [5.74, 6) is 0. The van der Waals surface area contributed by atoms with Crippen LogP contribution < -0.4 is 0 Å². The van der Waals surface area contributed by atoms with E-state index < -0.39 is 0 Å². The molecule has 0 aliphatic carbocycles. The van der Waals surface area contributed by atoms with Gasteiger partial charge in [-0.1, -0.05) is 50.5 Å². The summed E-state index contributed by atoms with van der Waals surface area (Å²) in [6, 6.07) is 0. The number of unbranched alkanes of at least 4 members (excludes halogenated alkanes) is 6. The van der Waals surface area contributed by atoms with Crippen LogP contribution in [0.1, 0.15) is 58.3 Å². The molecule has 0 fully saturated rings. The Hall–Kier alpha value is -0.850. The highest BCUT2D eigenvalue weighted by molar-refractivity contribution is 5.48. The fourth-order valence-electron chi connectivity index (χ4n) is 1.36. The lowest BCUT2D eigenvalue weighted by molar-refractivity contribution is -0.107. The van der Waals surface area contributed by atoms with Gasteiger partial charge in [-0.15, -0.1) is 0 Å². The first-order valence-electron chi connectivity index (χ1n) is 6.17. The monoisotopic (exact) mass is 208 g/mol. The lowest BCUT2D eigenvalue weighted by atomic mass is 10.1. The van der Waals surface area contributed by atoms with Crippen molar-refractivity contribution in [3.05, 3.63) is 24.3 Å². The highest BCUT2D eigenvalue weighted by atomic mass is 16.1. The molecule has 0 atom stereocenters. The molecule has 0 N–H and O–H groups in total. The van der Waals surface area contributed by atoms with E-state index in [0.717, 1.165) is 25.5 Å². The van der Waals surface area contributed by atoms with Gasteiger partial charge in [-0.2, -0.15) is 0 Å². The van der Waals surface area contributed by atoms with Gasteiger partial charge in [0.15, 0.2) is 0 Å². The summed E-state index contributed by atoms with van der Waals surface area (Å²) in [5, 5.41) is 0.